The first-order valence-electron chi connectivity index (χ1n) is 5.93. The molecule has 0 fully saturated rings. The highest BCUT2D eigenvalue weighted by Gasteiger charge is 2.10. The Labute approximate surface area is 119 Å². The zero-order valence-electron chi connectivity index (χ0n) is 11.1. The smallest absolute Gasteiger partial charge is 0.356 e. The van der Waals surface area contributed by atoms with E-state index in [2.05, 4.69) is 5.10 Å². The molecule has 1 aromatic carbocycles. The van der Waals surface area contributed by atoms with Crippen LogP contribution in [-0.2, 0) is 6.54 Å². The molecule has 2 aromatic rings. The maximum absolute atomic E-state index is 11.8. The van der Waals surface area contributed by atoms with Crippen molar-refractivity contribution in [3.63, 3.8) is 0 Å². The SMILES string of the molecule is COc1ccc(C#N)cc1Cn1nc(C(=O)O)ccc1=O. The summed E-state index contributed by atoms with van der Waals surface area (Å²) in [7, 11) is 1.47. The number of benzene rings is 1. The van der Waals surface area contributed by atoms with E-state index in [9.17, 15) is 9.59 Å². The Hall–Kier alpha value is -3.14. The fourth-order valence-electron chi connectivity index (χ4n) is 1.81. The molecular formula is C14H11N3O4. The van der Waals surface area contributed by atoms with Gasteiger partial charge in [-0.25, -0.2) is 9.48 Å². The van der Waals surface area contributed by atoms with Crippen LogP contribution >= 0.6 is 0 Å². The molecule has 1 heterocycles. The van der Waals surface area contributed by atoms with E-state index >= 15 is 0 Å². The summed E-state index contributed by atoms with van der Waals surface area (Å²) in [5, 5.41) is 21.6. The second-order valence-corrected chi connectivity index (χ2v) is 4.16. The first-order valence-corrected chi connectivity index (χ1v) is 5.93. The summed E-state index contributed by atoms with van der Waals surface area (Å²) >= 11 is 0. The van der Waals surface area contributed by atoms with Crippen LogP contribution in [0.5, 0.6) is 5.75 Å². The van der Waals surface area contributed by atoms with Gasteiger partial charge in [0.25, 0.3) is 5.56 Å². The fourth-order valence-corrected chi connectivity index (χ4v) is 1.81. The Bertz CT molecular complexity index is 790. The number of rotatable bonds is 4. The first-order chi connectivity index (χ1) is 10.0. The molecule has 0 radical (unpaired) electrons. The van der Waals surface area contributed by atoms with Gasteiger partial charge in [-0.3, -0.25) is 4.79 Å². The van der Waals surface area contributed by atoms with Crippen LogP contribution in [0.15, 0.2) is 35.1 Å². The average Bonchev–Trinajstić information content (AvgIpc) is 2.49. The average molecular weight is 285 g/mol. The molecule has 0 saturated heterocycles. The predicted octanol–water partition coefficient (Wildman–Crippen LogP) is 0.870. The van der Waals surface area contributed by atoms with Crippen LogP contribution in [0.3, 0.4) is 0 Å². The van der Waals surface area contributed by atoms with Gasteiger partial charge < -0.3 is 9.84 Å². The monoisotopic (exact) mass is 285 g/mol. The van der Waals surface area contributed by atoms with Gasteiger partial charge in [0.05, 0.1) is 25.3 Å². The molecule has 0 aliphatic carbocycles. The van der Waals surface area contributed by atoms with E-state index < -0.39 is 11.5 Å². The summed E-state index contributed by atoms with van der Waals surface area (Å²) < 4.78 is 6.18. The number of methoxy groups -OCH3 is 1. The summed E-state index contributed by atoms with van der Waals surface area (Å²) in [5.74, 6) is -0.732. The van der Waals surface area contributed by atoms with Crippen LogP contribution in [-0.4, -0.2) is 28.0 Å². The Morgan fingerprint density at radius 2 is 2.19 bits per heavy atom. The minimum atomic E-state index is -1.22. The lowest BCUT2D eigenvalue weighted by atomic mass is 10.1. The summed E-state index contributed by atoms with van der Waals surface area (Å²) in [5.41, 5.74) is 0.302. The second-order valence-electron chi connectivity index (χ2n) is 4.16. The van der Waals surface area contributed by atoms with E-state index in [0.717, 1.165) is 16.8 Å². The normalized spacial score (nSPS) is 9.90. The van der Waals surface area contributed by atoms with E-state index in [1.54, 1.807) is 18.2 Å². The van der Waals surface area contributed by atoms with Crippen molar-refractivity contribution in [1.29, 1.82) is 5.26 Å². The van der Waals surface area contributed by atoms with Crippen molar-refractivity contribution in [1.82, 2.24) is 9.78 Å². The molecule has 0 aliphatic rings. The topological polar surface area (TPSA) is 105 Å². The van der Waals surface area contributed by atoms with Crippen molar-refractivity contribution in [3.8, 4) is 11.8 Å². The van der Waals surface area contributed by atoms with Crippen molar-refractivity contribution >= 4 is 5.97 Å². The van der Waals surface area contributed by atoms with E-state index in [1.165, 1.54) is 7.11 Å². The van der Waals surface area contributed by atoms with E-state index in [1.807, 2.05) is 6.07 Å². The molecule has 106 valence electrons. The van der Waals surface area contributed by atoms with E-state index in [-0.39, 0.29) is 12.2 Å². The van der Waals surface area contributed by atoms with Crippen LogP contribution in [0.2, 0.25) is 0 Å². The lowest BCUT2D eigenvalue weighted by molar-refractivity contribution is 0.0687. The largest absolute Gasteiger partial charge is 0.496 e. The molecule has 7 heteroatoms. The number of aromatic nitrogens is 2. The van der Waals surface area contributed by atoms with Gasteiger partial charge in [0.15, 0.2) is 5.69 Å². The highest BCUT2D eigenvalue weighted by molar-refractivity contribution is 5.84. The van der Waals surface area contributed by atoms with E-state index in [0.29, 0.717) is 16.9 Å². The third-order valence-corrected chi connectivity index (χ3v) is 2.82. The van der Waals surface area contributed by atoms with Crippen LogP contribution in [0.4, 0.5) is 0 Å². The predicted molar refractivity (Wildman–Crippen MR) is 72.3 cm³/mol. The molecule has 0 saturated carbocycles. The van der Waals surface area contributed by atoms with Crippen molar-refractivity contribution in [3.05, 3.63) is 57.5 Å². The molecule has 0 unspecified atom stereocenters. The lowest BCUT2D eigenvalue weighted by Gasteiger charge is -2.10. The molecule has 0 aliphatic heterocycles. The van der Waals surface area contributed by atoms with Crippen molar-refractivity contribution in [2.75, 3.05) is 7.11 Å². The molecule has 0 amide bonds. The molecular weight excluding hydrogens is 274 g/mol. The summed E-state index contributed by atoms with van der Waals surface area (Å²) in [6.07, 6.45) is 0. The van der Waals surface area contributed by atoms with Gasteiger partial charge in [-0.15, -0.1) is 0 Å². The summed E-state index contributed by atoms with van der Waals surface area (Å²) in [6, 6.07) is 9.04. The molecule has 1 aromatic heterocycles. The summed E-state index contributed by atoms with van der Waals surface area (Å²) in [4.78, 5) is 22.6. The third kappa shape index (κ3) is 3.06. The number of carboxylic acid groups (broad SMARTS) is 1. The fraction of sp³-hybridized carbons (Fsp3) is 0.143. The van der Waals surface area contributed by atoms with Crippen LogP contribution < -0.4 is 10.3 Å². The summed E-state index contributed by atoms with van der Waals surface area (Å²) in [6.45, 7) is 0.0125. The molecule has 2 rings (SSSR count). The lowest BCUT2D eigenvalue weighted by Crippen LogP contribution is -2.25. The maximum atomic E-state index is 11.8. The molecule has 7 nitrogen and oxygen atoms in total. The number of aromatic carboxylic acids is 1. The van der Waals surface area contributed by atoms with Gasteiger partial charge in [-0.1, -0.05) is 0 Å². The number of carboxylic acids is 1. The number of hydrogen-bond donors (Lipinski definition) is 1. The van der Waals surface area contributed by atoms with Gasteiger partial charge in [0.1, 0.15) is 5.75 Å². The standard InChI is InChI=1S/C14H11N3O4/c1-21-12-4-2-9(7-15)6-10(12)8-17-13(18)5-3-11(16-17)14(19)20/h2-6H,8H2,1H3,(H,19,20). The zero-order chi connectivity index (χ0) is 15.4. The van der Waals surface area contributed by atoms with Crippen LogP contribution in [0.25, 0.3) is 0 Å². The van der Waals surface area contributed by atoms with Crippen molar-refractivity contribution in [2.45, 2.75) is 6.54 Å². The highest BCUT2D eigenvalue weighted by Crippen LogP contribution is 2.20. The van der Waals surface area contributed by atoms with Gasteiger partial charge in [-0.2, -0.15) is 10.4 Å². The molecule has 0 spiro atoms. The van der Waals surface area contributed by atoms with Crippen LogP contribution in [0, 0.1) is 11.3 Å². The second kappa shape index (κ2) is 5.88. The van der Waals surface area contributed by atoms with E-state index in [4.69, 9.17) is 15.1 Å². The minimum absolute atomic E-state index is 0.0125. The van der Waals surface area contributed by atoms with Gasteiger partial charge in [0.2, 0.25) is 0 Å². The molecule has 0 bridgehead atoms. The molecule has 1 N–H and O–H groups in total. The molecule has 21 heavy (non-hydrogen) atoms. The number of nitriles is 1. The quantitative estimate of drug-likeness (QED) is 0.893. The Morgan fingerprint density at radius 1 is 1.43 bits per heavy atom. The van der Waals surface area contributed by atoms with Gasteiger partial charge in [-0.05, 0) is 24.3 Å². The number of carbonyl (C=O) groups is 1. The van der Waals surface area contributed by atoms with Gasteiger partial charge >= 0.3 is 5.97 Å². The third-order valence-electron chi connectivity index (χ3n) is 2.82. The van der Waals surface area contributed by atoms with Gasteiger partial charge in [0, 0.05) is 11.6 Å². The Morgan fingerprint density at radius 3 is 2.81 bits per heavy atom. The minimum Gasteiger partial charge on any atom is -0.496 e. The van der Waals surface area contributed by atoms with Crippen LogP contribution in [0.1, 0.15) is 21.6 Å². The number of ether oxygens (including phenoxy) is 1. The number of hydrogen-bond acceptors (Lipinski definition) is 5. The maximum Gasteiger partial charge on any atom is 0.356 e. The zero-order valence-corrected chi connectivity index (χ0v) is 11.1. The Kier molecular flexibility index (Phi) is 4.00. The van der Waals surface area contributed by atoms with Crippen molar-refractivity contribution < 1.29 is 14.6 Å². The number of nitrogens with zero attached hydrogens (tertiary/aromatic N) is 3. The molecule has 0 atom stereocenters. The Balaban J connectivity index is 2.47. The van der Waals surface area contributed by atoms with Crippen molar-refractivity contribution in [2.24, 2.45) is 0 Å². The highest BCUT2D eigenvalue weighted by atomic mass is 16.5. The first kappa shape index (κ1) is 14.3.